The van der Waals surface area contributed by atoms with E-state index in [1.165, 1.54) is 0 Å². The van der Waals surface area contributed by atoms with E-state index in [-0.39, 0.29) is 11.9 Å². The Balaban J connectivity index is 3.01. The number of anilines is 1. The van der Waals surface area contributed by atoms with Crippen LogP contribution in [0.4, 0.5) is 5.69 Å². The molecule has 0 aliphatic rings. The van der Waals surface area contributed by atoms with Gasteiger partial charge in [-0.15, -0.1) is 6.42 Å². The van der Waals surface area contributed by atoms with Crippen molar-refractivity contribution in [2.45, 2.75) is 26.8 Å². The number of terminal acetylenes is 1. The van der Waals surface area contributed by atoms with Crippen molar-refractivity contribution in [2.24, 2.45) is 0 Å². The molecule has 0 saturated heterocycles. The number of amides is 1. The monoisotopic (exact) mass is 216 g/mol. The second-order valence-corrected chi connectivity index (χ2v) is 3.89. The SMILES string of the molecule is C#CC(C)NC(=O)c1cc(N)c(C)cc1C. The Kier molecular flexibility index (Phi) is 3.57. The zero-order valence-corrected chi connectivity index (χ0v) is 9.79. The molecular formula is C13H16N2O. The second kappa shape index (κ2) is 4.71. The van der Waals surface area contributed by atoms with E-state index in [0.717, 1.165) is 11.1 Å². The number of aryl methyl sites for hydroxylation is 2. The van der Waals surface area contributed by atoms with E-state index in [4.69, 9.17) is 12.2 Å². The van der Waals surface area contributed by atoms with Gasteiger partial charge in [0.2, 0.25) is 0 Å². The van der Waals surface area contributed by atoms with Gasteiger partial charge in [-0.3, -0.25) is 4.79 Å². The molecule has 0 aromatic heterocycles. The molecule has 3 heteroatoms. The third kappa shape index (κ3) is 2.54. The molecule has 1 atom stereocenters. The van der Waals surface area contributed by atoms with Crippen molar-refractivity contribution in [1.29, 1.82) is 0 Å². The van der Waals surface area contributed by atoms with E-state index in [9.17, 15) is 4.79 Å². The zero-order valence-electron chi connectivity index (χ0n) is 9.79. The lowest BCUT2D eigenvalue weighted by Crippen LogP contribution is -2.31. The Morgan fingerprint density at radius 1 is 1.44 bits per heavy atom. The summed E-state index contributed by atoms with van der Waals surface area (Å²) in [5.41, 5.74) is 8.83. The molecule has 0 spiro atoms. The molecule has 1 rings (SSSR count). The average Bonchev–Trinajstić information content (AvgIpc) is 2.23. The molecule has 0 aliphatic carbocycles. The number of hydrogen-bond donors (Lipinski definition) is 2. The van der Waals surface area contributed by atoms with Gasteiger partial charge in [-0.05, 0) is 38.0 Å². The van der Waals surface area contributed by atoms with Crippen molar-refractivity contribution in [3.05, 3.63) is 28.8 Å². The van der Waals surface area contributed by atoms with Gasteiger partial charge in [-0.1, -0.05) is 12.0 Å². The molecular weight excluding hydrogens is 200 g/mol. The predicted molar refractivity (Wildman–Crippen MR) is 66.1 cm³/mol. The summed E-state index contributed by atoms with van der Waals surface area (Å²) >= 11 is 0. The van der Waals surface area contributed by atoms with Gasteiger partial charge >= 0.3 is 0 Å². The van der Waals surface area contributed by atoms with Gasteiger partial charge in [0.15, 0.2) is 0 Å². The molecule has 84 valence electrons. The third-order valence-electron chi connectivity index (χ3n) is 2.46. The largest absolute Gasteiger partial charge is 0.398 e. The minimum atomic E-state index is -0.283. The third-order valence-corrected chi connectivity index (χ3v) is 2.46. The highest BCUT2D eigenvalue weighted by molar-refractivity contribution is 5.97. The minimum Gasteiger partial charge on any atom is -0.398 e. The summed E-state index contributed by atoms with van der Waals surface area (Å²) < 4.78 is 0. The van der Waals surface area contributed by atoms with Crippen LogP contribution in [0.3, 0.4) is 0 Å². The van der Waals surface area contributed by atoms with E-state index in [1.54, 1.807) is 13.0 Å². The lowest BCUT2D eigenvalue weighted by Gasteiger charge is -2.11. The van der Waals surface area contributed by atoms with Gasteiger partial charge in [-0.2, -0.15) is 0 Å². The van der Waals surface area contributed by atoms with Crippen LogP contribution in [0.5, 0.6) is 0 Å². The molecule has 0 bridgehead atoms. The first-order valence-electron chi connectivity index (χ1n) is 5.09. The van der Waals surface area contributed by atoms with E-state index < -0.39 is 0 Å². The number of nitrogens with one attached hydrogen (secondary N) is 1. The highest BCUT2D eigenvalue weighted by atomic mass is 16.1. The molecule has 0 radical (unpaired) electrons. The molecule has 0 saturated carbocycles. The molecule has 1 aromatic rings. The van der Waals surface area contributed by atoms with Gasteiger partial charge in [0.1, 0.15) is 0 Å². The van der Waals surface area contributed by atoms with Gasteiger partial charge < -0.3 is 11.1 Å². The highest BCUT2D eigenvalue weighted by Crippen LogP contribution is 2.17. The van der Waals surface area contributed by atoms with Gasteiger partial charge in [-0.25, -0.2) is 0 Å². The first kappa shape index (κ1) is 12.1. The molecule has 1 aromatic carbocycles. The molecule has 1 amide bonds. The number of nitrogen functional groups attached to an aromatic ring is 1. The molecule has 0 aliphatic heterocycles. The van der Waals surface area contributed by atoms with Gasteiger partial charge in [0.25, 0.3) is 5.91 Å². The summed E-state index contributed by atoms with van der Waals surface area (Å²) in [4.78, 5) is 11.8. The van der Waals surface area contributed by atoms with Gasteiger partial charge in [0, 0.05) is 11.3 Å². The van der Waals surface area contributed by atoms with Crippen molar-refractivity contribution in [2.75, 3.05) is 5.73 Å². The fourth-order valence-corrected chi connectivity index (χ4v) is 1.43. The first-order valence-corrected chi connectivity index (χ1v) is 5.09. The van der Waals surface area contributed by atoms with Crippen molar-refractivity contribution < 1.29 is 4.79 Å². The van der Waals surface area contributed by atoms with Crippen LogP contribution in [-0.4, -0.2) is 11.9 Å². The predicted octanol–water partition coefficient (Wildman–Crippen LogP) is 1.64. The van der Waals surface area contributed by atoms with Crippen molar-refractivity contribution in [3.8, 4) is 12.3 Å². The summed E-state index contributed by atoms with van der Waals surface area (Å²) in [5.74, 6) is 2.26. The van der Waals surface area contributed by atoms with E-state index in [0.29, 0.717) is 11.3 Å². The Bertz CT molecular complexity index is 458. The highest BCUT2D eigenvalue weighted by Gasteiger charge is 2.12. The molecule has 0 heterocycles. The van der Waals surface area contributed by atoms with Crippen LogP contribution in [0.1, 0.15) is 28.4 Å². The second-order valence-electron chi connectivity index (χ2n) is 3.89. The number of nitrogens with two attached hydrogens (primary N) is 1. The van der Waals surface area contributed by atoms with E-state index in [1.807, 2.05) is 19.9 Å². The Morgan fingerprint density at radius 3 is 2.62 bits per heavy atom. The number of hydrogen-bond acceptors (Lipinski definition) is 2. The van der Waals surface area contributed by atoms with Crippen molar-refractivity contribution >= 4 is 11.6 Å². The van der Waals surface area contributed by atoms with Crippen LogP contribution in [0.2, 0.25) is 0 Å². The maximum Gasteiger partial charge on any atom is 0.252 e. The molecule has 3 nitrogen and oxygen atoms in total. The normalized spacial score (nSPS) is 11.6. The van der Waals surface area contributed by atoms with Crippen LogP contribution < -0.4 is 11.1 Å². The van der Waals surface area contributed by atoms with Crippen LogP contribution in [0.25, 0.3) is 0 Å². The summed E-state index contributed by atoms with van der Waals surface area (Å²) in [7, 11) is 0. The maximum atomic E-state index is 11.8. The van der Waals surface area contributed by atoms with Crippen LogP contribution in [0, 0.1) is 26.2 Å². The standard InChI is InChI=1S/C13H16N2O/c1-5-10(4)15-13(16)11-7-12(14)9(3)6-8(11)2/h1,6-7,10H,14H2,2-4H3,(H,15,16). The number of rotatable bonds is 2. The topological polar surface area (TPSA) is 55.1 Å². The Hall–Kier alpha value is -1.95. The lowest BCUT2D eigenvalue weighted by atomic mass is 10.0. The lowest BCUT2D eigenvalue weighted by molar-refractivity contribution is 0.0947. The van der Waals surface area contributed by atoms with Crippen molar-refractivity contribution in [1.82, 2.24) is 5.32 Å². The summed E-state index contributed by atoms with van der Waals surface area (Å²) in [6.07, 6.45) is 5.20. The maximum absolute atomic E-state index is 11.8. The number of carbonyl (C=O) groups excluding carboxylic acids is 1. The number of benzene rings is 1. The van der Waals surface area contributed by atoms with Crippen LogP contribution in [0.15, 0.2) is 12.1 Å². The smallest absolute Gasteiger partial charge is 0.252 e. The minimum absolute atomic E-state index is 0.186. The van der Waals surface area contributed by atoms with Gasteiger partial charge in [0.05, 0.1) is 6.04 Å². The zero-order chi connectivity index (χ0) is 12.3. The molecule has 16 heavy (non-hydrogen) atoms. The summed E-state index contributed by atoms with van der Waals surface area (Å²) in [6.45, 7) is 5.54. The fourth-order valence-electron chi connectivity index (χ4n) is 1.43. The average molecular weight is 216 g/mol. The fraction of sp³-hybridized carbons (Fsp3) is 0.308. The molecule has 3 N–H and O–H groups in total. The van der Waals surface area contributed by atoms with E-state index in [2.05, 4.69) is 11.2 Å². The van der Waals surface area contributed by atoms with Crippen LogP contribution in [-0.2, 0) is 0 Å². The van der Waals surface area contributed by atoms with Crippen LogP contribution >= 0.6 is 0 Å². The Labute approximate surface area is 96.0 Å². The quantitative estimate of drug-likeness (QED) is 0.583. The number of carbonyl (C=O) groups is 1. The molecule has 0 fully saturated rings. The first-order chi connectivity index (χ1) is 7.45. The summed E-state index contributed by atoms with van der Waals surface area (Å²) in [5, 5.41) is 2.70. The van der Waals surface area contributed by atoms with Crippen molar-refractivity contribution in [3.63, 3.8) is 0 Å². The Morgan fingerprint density at radius 2 is 2.06 bits per heavy atom. The molecule has 1 unspecified atom stereocenters. The van der Waals surface area contributed by atoms with E-state index >= 15 is 0 Å². The summed E-state index contributed by atoms with van der Waals surface area (Å²) in [6, 6.07) is 3.29.